The van der Waals surface area contributed by atoms with Crippen molar-refractivity contribution in [2.45, 2.75) is 32.6 Å². The largest absolute Gasteiger partial charge is 0.347 e. The zero-order chi connectivity index (χ0) is 21.1. The number of nitrogens with one attached hydrogen (secondary N) is 1. The summed E-state index contributed by atoms with van der Waals surface area (Å²) in [7, 11) is 0. The van der Waals surface area contributed by atoms with E-state index < -0.39 is 0 Å². The van der Waals surface area contributed by atoms with E-state index in [1.54, 1.807) is 4.57 Å². The van der Waals surface area contributed by atoms with Crippen molar-refractivity contribution in [1.29, 1.82) is 0 Å². The maximum Gasteiger partial charge on any atom is 0.347 e. The van der Waals surface area contributed by atoms with E-state index in [0.29, 0.717) is 23.8 Å². The van der Waals surface area contributed by atoms with Gasteiger partial charge in [-0.3, -0.25) is 4.79 Å². The zero-order valence-electron chi connectivity index (χ0n) is 17.0. The molecule has 2 heterocycles. The number of piperidine rings is 1. The number of aromatic amines is 1. The minimum absolute atomic E-state index is 0.146. The second-order valence-corrected chi connectivity index (χ2v) is 8.33. The number of H-pyrrole nitrogens is 1. The first-order valence-corrected chi connectivity index (χ1v) is 10.6. The molecule has 4 rings (SSSR count). The molecule has 2 aromatic carbocycles. The van der Waals surface area contributed by atoms with Crippen LogP contribution in [-0.4, -0.2) is 38.7 Å². The molecule has 0 spiro atoms. The molecule has 0 atom stereocenters. The number of carbonyl (C=O) groups excluding carboxylic acids is 1. The lowest BCUT2D eigenvalue weighted by Crippen LogP contribution is -2.40. The molecule has 1 aromatic heterocycles. The predicted octanol–water partition coefficient (Wildman–Crippen LogP) is 3.55. The average molecular weight is 425 g/mol. The molecule has 7 heteroatoms. The summed E-state index contributed by atoms with van der Waals surface area (Å²) in [5.74, 6) is 1.29. The molecule has 3 aromatic rings. The van der Waals surface area contributed by atoms with Crippen molar-refractivity contribution in [3.8, 4) is 5.69 Å². The van der Waals surface area contributed by atoms with Gasteiger partial charge in [0, 0.05) is 24.5 Å². The van der Waals surface area contributed by atoms with Gasteiger partial charge < -0.3 is 4.90 Å². The Bertz CT molecular complexity index is 1080. The van der Waals surface area contributed by atoms with Gasteiger partial charge in [-0.1, -0.05) is 41.9 Å². The van der Waals surface area contributed by atoms with E-state index in [0.717, 1.165) is 48.6 Å². The third kappa shape index (κ3) is 4.49. The lowest BCUT2D eigenvalue weighted by molar-refractivity contribution is -0.131. The Kier molecular flexibility index (Phi) is 6.04. The van der Waals surface area contributed by atoms with Crippen molar-refractivity contribution in [1.82, 2.24) is 19.7 Å². The SMILES string of the molecule is Cc1ccccc1-n1c(CC2CCN(C(=O)Cc3ccc(Cl)cc3)CC2)n[nH]c1=O. The topological polar surface area (TPSA) is 71.0 Å². The average Bonchev–Trinajstić information content (AvgIpc) is 3.10. The molecule has 6 nitrogen and oxygen atoms in total. The molecule has 1 aliphatic rings. The Morgan fingerprint density at radius 1 is 1.13 bits per heavy atom. The van der Waals surface area contributed by atoms with Crippen LogP contribution in [0.5, 0.6) is 0 Å². The van der Waals surface area contributed by atoms with E-state index in [1.807, 2.05) is 60.4 Å². The van der Waals surface area contributed by atoms with Gasteiger partial charge in [0.1, 0.15) is 5.82 Å². The number of benzene rings is 2. The standard InChI is InChI=1S/C23H25ClN4O2/c1-16-4-2-3-5-20(16)28-21(25-26-23(28)30)14-18-10-12-27(13-11-18)22(29)15-17-6-8-19(24)9-7-17/h2-9,18H,10-15H2,1H3,(H,26,30). The summed E-state index contributed by atoms with van der Waals surface area (Å²) in [6.45, 7) is 3.45. The highest BCUT2D eigenvalue weighted by Gasteiger charge is 2.25. The third-order valence-electron chi connectivity index (χ3n) is 5.81. The molecular weight excluding hydrogens is 400 g/mol. The van der Waals surface area contributed by atoms with E-state index in [4.69, 9.17) is 11.6 Å². The van der Waals surface area contributed by atoms with Crippen LogP contribution in [0.3, 0.4) is 0 Å². The summed E-state index contributed by atoms with van der Waals surface area (Å²) < 4.78 is 1.67. The predicted molar refractivity (Wildman–Crippen MR) is 117 cm³/mol. The number of hydrogen-bond donors (Lipinski definition) is 1. The van der Waals surface area contributed by atoms with E-state index >= 15 is 0 Å². The van der Waals surface area contributed by atoms with Gasteiger partial charge in [-0.2, -0.15) is 5.10 Å². The summed E-state index contributed by atoms with van der Waals surface area (Å²) in [5.41, 5.74) is 2.66. The van der Waals surface area contributed by atoms with Crippen molar-refractivity contribution < 1.29 is 4.79 Å². The molecule has 1 saturated heterocycles. The fraction of sp³-hybridized carbons (Fsp3) is 0.348. The van der Waals surface area contributed by atoms with Gasteiger partial charge in [0.25, 0.3) is 0 Å². The molecule has 156 valence electrons. The number of likely N-dealkylation sites (tertiary alicyclic amines) is 1. The molecule has 0 aliphatic carbocycles. The van der Waals surface area contributed by atoms with Crippen LogP contribution >= 0.6 is 11.6 Å². The van der Waals surface area contributed by atoms with Gasteiger partial charge >= 0.3 is 5.69 Å². The van der Waals surface area contributed by atoms with E-state index in [-0.39, 0.29) is 11.6 Å². The molecule has 1 amide bonds. The van der Waals surface area contributed by atoms with Crippen LogP contribution in [0, 0.1) is 12.8 Å². The van der Waals surface area contributed by atoms with Crippen LogP contribution in [0.25, 0.3) is 5.69 Å². The highest BCUT2D eigenvalue weighted by atomic mass is 35.5. The number of aromatic nitrogens is 3. The number of rotatable bonds is 5. The second kappa shape index (κ2) is 8.88. The fourth-order valence-corrected chi connectivity index (χ4v) is 4.19. The molecule has 1 N–H and O–H groups in total. The summed E-state index contributed by atoms with van der Waals surface area (Å²) >= 11 is 5.92. The van der Waals surface area contributed by atoms with Gasteiger partial charge in [-0.25, -0.2) is 14.5 Å². The Labute approximate surface area is 180 Å². The monoisotopic (exact) mass is 424 g/mol. The number of amides is 1. The van der Waals surface area contributed by atoms with Crippen LogP contribution < -0.4 is 5.69 Å². The van der Waals surface area contributed by atoms with E-state index in [2.05, 4.69) is 10.2 Å². The number of carbonyl (C=O) groups is 1. The number of para-hydroxylation sites is 1. The van der Waals surface area contributed by atoms with Crippen molar-refractivity contribution >= 4 is 17.5 Å². The van der Waals surface area contributed by atoms with Gasteiger partial charge in [0.15, 0.2) is 0 Å². The van der Waals surface area contributed by atoms with Crippen LogP contribution in [0.2, 0.25) is 5.02 Å². The first-order valence-electron chi connectivity index (χ1n) is 10.3. The molecule has 30 heavy (non-hydrogen) atoms. The number of aryl methyl sites for hydroxylation is 1. The Morgan fingerprint density at radius 2 is 1.83 bits per heavy atom. The van der Waals surface area contributed by atoms with Gasteiger partial charge in [0.2, 0.25) is 5.91 Å². The van der Waals surface area contributed by atoms with Crippen LogP contribution in [0.4, 0.5) is 0 Å². The quantitative estimate of drug-likeness (QED) is 0.680. The smallest absolute Gasteiger partial charge is 0.342 e. The molecule has 0 radical (unpaired) electrons. The molecule has 1 fully saturated rings. The second-order valence-electron chi connectivity index (χ2n) is 7.90. The van der Waals surface area contributed by atoms with Crippen molar-refractivity contribution in [2.75, 3.05) is 13.1 Å². The Hall–Kier alpha value is -2.86. The Morgan fingerprint density at radius 3 is 2.53 bits per heavy atom. The lowest BCUT2D eigenvalue weighted by atomic mass is 9.92. The Balaban J connectivity index is 1.38. The van der Waals surface area contributed by atoms with Crippen LogP contribution in [0.1, 0.15) is 29.8 Å². The lowest BCUT2D eigenvalue weighted by Gasteiger charge is -2.32. The third-order valence-corrected chi connectivity index (χ3v) is 6.06. The summed E-state index contributed by atoms with van der Waals surface area (Å²) in [6, 6.07) is 15.2. The van der Waals surface area contributed by atoms with E-state index in [1.165, 1.54) is 0 Å². The van der Waals surface area contributed by atoms with Crippen LogP contribution in [-0.2, 0) is 17.6 Å². The number of nitrogens with zero attached hydrogens (tertiary/aromatic N) is 3. The zero-order valence-corrected chi connectivity index (χ0v) is 17.7. The molecule has 0 unspecified atom stereocenters. The molecule has 0 saturated carbocycles. The van der Waals surface area contributed by atoms with Crippen molar-refractivity contribution in [3.05, 3.63) is 81.0 Å². The number of hydrogen-bond acceptors (Lipinski definition) is 3. The minimum atomic E-state index is -0.213. The summed E-state index contributed by atoms with van der Waals surface area (Å²) in [4.78, 5) is 26.9. The van der Waals surface area contributed by atoms with Crippen LogP contribution in [0.15, 0.2) is 53.3 Å². The molecule has 1 aliphatic heterocycles. The maximum absolute atomic E-state index is 12.6. The summed E-state index contributed by atoms with van der Waals surface area (Å²) in [6.07, 6.45) is 2.92. The van der Waals surface area contributed by atoms with Gasteiger partial charge in [-0.15, -0.1) is 0 Å². The van der Waals surface area contributed by atoms with E-state index in [9.17, 15) is 9.59 Å². The summed E-state index contributed by atoms with van der Waals surface area (Å²) in [5, 5.41) is 7.55. The van der Waals surface area contributed by atoms with Crippen molar-refractivity contribution in [3.63, 3.8) is 0 Å². The number of halogens is 1. The van der Waals surface area contributed by atoms with Gasteiger partial charge in [-0.05, 0) is 55.0 Å². The normalized spacial score (nSPS) is 14.8. The van der Waals surface area contributed by atoms with Gasteiger partial charge in [0.05, 0.1) is 12.1 Å². The first-order chi connectivity index (χ1) is 14.5. The first kappa shape index (κ1) is 20.4. The highest BCUT2D eigenvalue weighted by Crippen LogP contribution is 2.23. The minimum Gasteiger partial charge on any atom is -0.342 e. The maximum atomic E-state index is 12.6. The van der Waals surface area contributed by atoms with Crippen molar-refractivity contribution in [2.24, 2.45) is 5.92 Å². The molecular formula is C23H25ClN4O2. The molecule has 0 bridgehead atoms. The fourth-order valence-electron chi connectivity index (χ4n) is 4.06. The highest BCUT2D eigenvalue weighted by molar-refractivity contribution is 6.30.